The number of nitrogens with zero attached hydrogens (tertiary/aromatic N) is 3. The van der Waals surface area contributed by atoms with Crippen LogP contribution in [0.1, 0.15) is 33.1 Å². The summed E-state index contributed by atoms with van der Waals surface area (Å²) in [7, 11) is 1.62. The molecule has 1 unspecified atom stereocenters. The minimum absolute atomic E-state index is 0.0626. The van der Waals surface area contributed by atoms with E-state index in [0.717, 1.165) is 22.4 Å². The van der Waals surface area contributed by atoms with Gasteiger partial charge < -0.3 is 9.64 Å². The van der Waals surface area contributed by atoms with Crippen LogP contribution in [0.2, 0.25) is 0 Å². The molecule has 1 saturated heterocycles. The van der Waals surface area contributed by atoms with Crippen LogP contribution in [0.15, 0.2) is 42.5 Å². The number of benzene rings is 2. The highest BCUT2D eigenvalue weighted by molar-refractivity contribution is 5.94. The van der Waals surface area contributed by atoms with Crippen molar-refractivity contribution in [3.8, 4) is 11.8 Å². The molecule has 140 valence electrons. The van der Waals surface area contributed by atoms with E-state index in [1.165, 1.54) is 5.56 Å². The molecule has 1 atom stereocenters. The molecule has 0 radical (unpaired) electrons. The fourth-order valence-corrected chi connectivity index (χ4v) is 3.42. The Bertz CT molecular complexity index is 864. The second-order valence-corrected chi connectivity index (χ2v) is 6.94. The Labute approximate surface area is 160 Å². The minimum atomic E-state index is -0.334. The highest BCUT2D eigenvalue weighted by Gasteiger charge is 2.27. The fourth-order valence-electron chi connectivity index (χ4n) is 3.42. The predicted molar refractivity (Wildman–Crippen MR) is 105 cm³/mol. The summed E-state index contributed by atoms with van der Waals surface area (Å²) in [5, 5.41) is 9.69. The first-order valence-corrected chi connectivity index (χ1v) is 9.17. The molecule has 1 aliphatic rings. The van der Waals surface area contributed by atoms with Crippen LogP contribution < -0.4 is 4.74 Å². The Kier molecular flexibility index (Phi) is 5.78. The van der Waals surface area contributed by atoms with Gasteiger partial charge in [-0.3, -0.25) is 9.69 Å². The second-order valence-electron chi connectivity index (χ2n) is 6.94. The first-order chi connectivity index (χ1) is 13.0. The zero-order valence-corrected chi connectivity index (χ0v) is 16.1. The summed E-state index contributed by atoms with van der Waals surface area (Å²) in [5.41, 5.74) is 3.97. The van der Waals surface area contributed by atoms with Gasteiger partial charge >= 0.3 is 0 Å². The number of hydrogen-bond donors (Lipinski definition) is 0. The molecule has 0 spiro atoms. The number of carbonyl (C=O) groups is 1. The Hall–Kier alpha value is -2.84. The van der Waals surface area contributed by atoms with Crippen molar-refractivity contribution in [1.82, 2.24) is 9.80 Å². The van der Waals surface area contributed by atoms with E-state index >= 15 is 0 Å². The lowest BCUT2D eigenvalue weighted by Crippen LogP contribution is -2.49. The maximum atomic E-state index is 12.8. The number of amides is 1. The highest BCUT2D eigenvalue weighted by atomic mass is 16.5. The lowest BCUT2D eigenvalue weighted by molar-refractivity contribution is 0.0606. The predicted octanol–water partition coefficient (Wildman–Crippen LogP) is 3.33. The molecule has 2 aromatic carbocycles. The Morgan fingerprint density at radius 3 is 2.44 bits per heavy atom. The van der Waals surface area contributed by atoms with Gasteiger partial charge in [-0.2, -0.15) is 5.26 Å². The van der Waals surface area contributed by atoms with Crippen molar-refractivity contribution < 1.29 is 9.53 Å². The number of methoxy groups -OCH3 is 1. The van der Waals surface area contributed by atoms with Gasteiger partial charge in [-0.05, 0) is 54.8 Å². The maximum absolute atomic E-state index is 12.8. The molecule has 0 bridgehead atoms. The number of ether oxygens (including phenoxy) is 1. The lowest BCUT2D eigenvalue weighted by atomic mass is 10.0. The van der Waals surface area contributed by atoms with Gasteiger partial charge in [0.2, 0.25) is 0 Å². The Morgan fingerprint density at radius 1 is 1.07 bits per heavy atom. The van der Waals surface area contributed by atoms with E-state index in [4.69, 9.17) is 4.74 Å². The van der Waals surface area contributed by atoms with Crippen molar-refractivity contribution in [1.29, 1.82) is 5.26 Å². The van der Waals surface area contributed by atoms with Gasteiger partial charge in [0.05, 0.1) is 13.2 Å². The van der Waals surface area contributed by atoms with Crippen molar-refractivity contribution in [3.63, 3.8) is 0 Å². The third-order valence-corrected chi connectivity index (χ3v) is 5.25. The summed E-state index contributed by atoms with van der Waals surface area (Å²) in [6.45, 7) is 6.65. The first-order valence-electron chi connectivity index (χ1n) is 9.17. The third kappa shape index (κ3) is 4.12. The summed E-state index contributed by atoms with van der Waals surface area (Å²) in [5.74, 6) is 0.809. The molecule has 5 heteroatoms. The standard InChI is InChI=1S/C22H25N3O2/c1-16-7-8-19(13-17(16)2)22(26)25-11-9-24(10-12-25)21(15-23)18-5-4-6-20(14-18)27-3/h4-8,13-14,21H,9-12H2,1-3H3. The molecular formula is C22H25N3O2. The minimum Gasteiger partial charge on any atom is -0.497 e. The van der Waals surface area contributed by atoms with Gasteiger partial charge in [0, 0.05) is 31.7 Å². The van der Waals surface area contributed by atoms with Crippen LogP contribution in [0.4, 0.5) is 0 Å². The topological polar surface area (TPSA) is 56.6 Å². The van der Waals surface area contributed by atoms with Crippen molar-refractivity contribution >= 4 is 5.91 Å². The molecule has 0 N–H and O–H groups in total. The summed E-state index contributed by atoms with van der Waals surface area (Å²) in [6.07, 6.45) is 0. The van der Waals surface area contributed by atoms with Crippen LogP contribution in [0.3, 0.4) is 0 Å². The van der Waals surface area contributed by atoms with Crippen molar-refractivity contribution in [2.45, 2.75) is 19.9 Å². The molecule has 0 aliphatic carbocycles. The number of piperazine rings is 1. The van der Waals surface area contributed by atoms with Crippen LogP contribution in [0.5, 0.6) is 5.75 Å². The molecule has 27 heavy (non-hydrogen) atoms. The number of aryl methyl sites for hydroxylation is 2. The Balaban J connectivity index is 1.67. The summed E-state index contributed by atoms with van der Waals surface area (Å²) >= 11 is 0. The number of rotatable bonds is 4. The normalized spacial score (nSPS) is 15.9. The number of carbonyl (C=O) groups excluding carboxylic acids is 1. The van der Waals surface area contributed by atoms with Gasteiger partial charge in [-0.1, -0.05) is 18.2 Å². The highest BCUT2D eigenvalue weighted by Crippen LogP contribution is 2.25. The van der Waals surface area contributed by atoms with Gasteiger partial charge in [0.1, 0.15) is 11.8 Å². The molecule has 5 nitrogen and oxygen atoms in total. The van der Waals surface area contributed by atoms with Gasteiger partial charge in [0.25, 0.3) is 5.91 Å². The smallest absolute Gasteiger partial charge is 0.253 e. The van der Waals surface area contributed by atoms with Gasteiger partial charge in [-0.15, -0.1) is 0 Å². The second kappa shape index (κ2) is 8.24. The molecule has 3 rings (SSSR count). The van der Waals surface area contributed by atoms with Crippen LogP contribution in [0, 0.1) is 25.2 Å². The van der Waals surface area contributed by atoms with E-state index < -0.39 is 0 Å². The molecule has 1 aliphatic heterocycles. The summed E-state index contributed by atoms with van der Waals surface area (Å²) in [6, 6.07) is 15.5. The van der Waals surface area contributed by atoms with Crippen LogP contribution >= 0.6 is 0 Å². The summed E-state index contributed by atoms with van der Waals surface area (Å²) in [4.78, 5) is 16.8. The van der Waals surface area contributed by atoms with E-state index in [9.17, 15) is 10.1 Å². The van der Waals surface area contributed by atoms with E-state index in [-0.39, 0.29) is 11.9 Å². The average Bonchev–Trinajstić information content (AvgIpc) is 2.71. The fraction of sp³-hybridized carbons (Fsp3) is 0.364. The van der Waals surface area contributed by atoms with E-state index in [1.54, 1.807) is 7.11 Å². The van der Waals surface area contributed by atoms with E-state index in [1.807, 2.05) is 61.2 Å². The SMILES string of the molecule is COc1cccc(C(C#N)N2CCN(C(=O)c3ccc(C)c(C)c3)CC2)c1. The average molecular weight is 363 g/mol. The van der Waals surface area contributed by atoms with Crippen molar-refractivity contribution in [2.75, 3.05) is 33.3 Å². The Morgan fingerprint density at radius 2 is 1.81 bits per heavy atom. The quantitative estimate of drug-likeness (QED) is 0.836. The molecule has 1 heterocycles. The number of nitriles is 1. The van der Waals surface area contributed by atoms with Gasteiger partial charge in [0.15, 0.2) is 0 Å². The molecule has 2 aromatic rings. The largest absolute Gasteiger partial charge is 0.497 e. The maximum Gasteiger partial charge on any atom is 0.253 e. The van der Waals surface area contributed by atoms with Crippen LogP contribution in [0.25, 0.3) is 0 Å². The molecule has 0 saturated carbocycles. The molecular weight excluding hydrogens is 338 g/mol. The molecule has 1 fully saturated rings. The van der Waals surface area contributed by atoms with Crippen LogP contribution in [-0.4, -0.2) is 49.0 Å². The lowest BCUT2D eigenvalue weighted by Gasteiger charge is -2.37. The zero-order chi connectivity index (χ0) is 19.4. The van der Waals surface area contributed by atoms with Crippen molar-refractivity contribution in [3.05, 3.63) is 64.7 Å². The van der Waals surface area contributed by atoms with Crippen molar-refractivity contribution in [2.24, 2.45) is 0 Å². The van der Waals surface area contributed by atoms with Gasteiger partial charge in [-0.25, -0.2) is 0 Å². The molecule has 0 aromatic heterocycles. The van der Waals surface area contributed by atoms with E-state index in [2.05, 4.69) is 11.0 Å². The summed E-state index contributed by atoms with van der Waals surface area (Å²) < 4.78 is 5.27. The number of hydrogen-bond acceptors (Lipinski definition) is 4. The first kappa shape index (κ1) is 18.9. The zero-order valence-electron chi connectivity index (χ0n) is 16.1. The third-order valence-electron chi connectivity index (χ3n) is 5.25. The van der Waals surface area contributed by atoms with Crippen LogP contribution in [-0.2, 0) is 0 Å². The molecule has 1 amide bonds. The van der Waals surface area contributed by atoms with E-state index in [0.29, 0.717) is 26.2 Å². The monoisotopic (exact) mass is 363 g/mol.